The van der Waals surface area contributed by atoms with Crippen molar-refractivity contribution in [2.24, 2.45) is 18.4 Å². The van der Waals surface area contributed by atoms with Crippen LogP contribution in [0.4, 0.5) is 5.69 Å². The molecule has 4 rings (SSSR count). The maximum Gasteiger partial charge on any atom is 0.234 e. The summed E-state index contributed by atoms with van der Waals surface area (Å²) in [6.07, 6.45) is 9.76. The number of carbonyl (C=O) groups excluding carboxylic acids is 1. The zero-order valence-electron chi connectivity index (χ0n) is 12.8. The Kier molecular flexibility index (Phi) is 3.06. The van der Waals surface area contributed by atoms with Crippen LogP contribution in [0.5, 0.6) is 0 Å². The molecule has 0 aromatic carbocycles. The number of piperidine rings is 1. The van der Waals surface area contributed by atoms with E-state index < -0.39 is 0 Å². The summed E-state index contributed by atoms with van der Waals surface area (Å²) < 4.78 is 1.77. The van der Waals surface area contributed by atoms with Gasteiger partial charge in [0.15, 0.2) is 0 Å². The Hall–Kier alpha value is -1.36. The molecule has 1 saturated carbocycles. The van der Waals surface area contributed by atoms with Gasteiger partial charge in [0, 0.05) is 32.9 Å². The number of aryl methyl sites for hydroxylation is 1. The molecule has 0 N–H and O–H groups in total. The molecule has 1 aromatic heterocycles. The molecule has 2 saturated heterocycles. The summed E-state index contributed by atoms with van der Waals surface area (Å²) >= 11 is 0. The molecule has 1 aliphatic carbocycles. The Labute approximate surface area is 125 Å². The van der Waals surface area contributed by atoms with E-state index in [0.717, 1.165) is 37.5 Å². The number of carbonyl (C=O) groups is 1. The van der Waals surface area contributed by atoms with Crippen molar-refractivity contribution < 1.29 is 4.79 Å². The minimum absolute atomic E-state index is 0.122. The Morgan fingerprint density at radius 2 is 2.19 bits per heavy atom. The van der Waals surface area contributed by atoms with Gasteiger partial charge in [0.05, 0.1) is 17.3 Å². The van der Waals surface area contributed by atoms with E-state index in [1.807, 2.05) is 24.3 Å². The molecule has 114 valence electrons. The second-order valence-electron chi connectivity index (χ2n) is 7.14. The lowest BCUT2D eigenvalue weighted by Crippen LogP contribution is -2.48. The third kappa shape index (κ3) is 2.37. The molecule has 2 aliphatic heterocycles. The Morgan fingerprint density at radius 3 is 2.90 bits per heavy atom. The van der Waals surface area contributed by atoms with E-state index in [9.17, 15) is 4.79 Å². The van der Waals surface area contributed by atoms with Crippen molar-refractivity contribution >= 4 is 11.6 Å². The average Bonchev–Trinajstić information content (AvgIpc) is 3.10. The highest BCUT2D eigenvalue weighted by molar-refractivity contribution is 6.00. The van der Waals surface area contributed by atoms with E-state index in [-0.39, 0.29) is 5.41 Å². The molecule has 0 bridgehead atoms. The van der Waals surface area contributed by atoms with Crippen LogP contribution >= 0.6 is 0 Å². The van der Waals surface area contributed by atoms with E-state index in [1.54, 1.807) is 4.68 Å². The molecule has 1 amide bonds. The van der Waals surface area contributed by atoms with E-state index >= 15 is 0 Å². The summed E-state index contributed by atoms with van der Waals surface area (Å²) in [5, 5.41) is 4.20. The van der Waals surface area contributed by atoms with E-state index in [0.29, 0.717) is 5.91 Å². The fourth-order valence-corrected chi connectivity index (χ4v) is 4.04. The molecule has 1 atom stereocenters. The number of amides is 1. The lowest BCUT2D eigenvalue weighted by atomic mass is 9.78. The Balaban J connectivity index is 1.50. The van der Waals surface area contributed by atoms with Crippen molar-refractivity contribution in [1.82, 2.24) is 14.7 Å². The summed E-state index contributed by atoms with van der Waals surface area (Å²) in [5.74, 6) is 1.24. The molecule has 1 aromatic rings. The second-order valence-corrected chi connectivity index (χ2v) is 7.14. The minimum Gasteiger partial charge on any atom is -0.309 e. The summed E-state index contributed by atoms with van der Waals surface area (Å²) in [6.45, 7) is 4.21. The zero-order chi connectivity index (χ0) is 14.4. The van der Waals surface area contributed by atoms with Gasteiger partial charge >= 0.3 is 0 Å². The van der Waals surface area contributed by atoms with Gasteiger partial charge in [-0.2, -0.15) is 5.10 Å². The fraction of sp³-hybridized carbons (Fsp3) is 0.750. The number of rotatable bonds is 3. The first-order valence-corrected chi connectivity index (χ1v) is 8.19. The first-order valence-electron chi connectivity index (χ1n) is 8.19. The number of nitrogens with zero attached hydrogens (tertiary/aromatic N) is 4. The summed E-state index contributed by atoms with van der Waals surface area (Å²) in [4.78, 5) is 17.5. The van der Waals surface area contributed by atoms with E-state index in [4.69, 9.17) is 0 Å². The molecule has 0 unspecified atom stereocenters. The topological polar surface area (TPSA) is 41.4 Å². The monoisotopic (exact) mass is 288 g/mol. The number of hydrogen-bond acceptors (Lipinski definition) is 3. The molecule has 3 fully saturated rings. The van der Waals surface area contributed by atoms with Gasteiger partial charge in [-0.1, -0.05) is 0 Å². The Bertz CT molecular complexity index is 550. The van der Waals surface area contributed by atoms with Gasteiger partial charge in [-0.05, 0) is 44.6 Å². The molecule has 5 heteroatoms. The van der Waals surface area contributed by atoms with Crippen LogP contribution in [0.25, 0.3) is 0 Å². The lowest BCUT2D eigenvalue weighted by Gasteiger charge is -2.39. The van der Waals surface area contributed by atoms with Gasteiger partial charge in [0.2, 0.25) is 5.91 Å². The summed E-state index contributed by atoms with van der Waals surface area (Å²) in [6, 6.07) is 0. The standard InChI is InChI=1S/C16H24N4O/c1-18-11-14(9-17-18)20-8-6-16(15(20)21)5-2-7-19(12-16)10-13-3-4-13/h9,11,13H,2-8,10,12H2,1H3/t16-/m1/s1. The normalized spacial score (nSPS) is 30.5. The third-order valence-corrected chi connectivity index (χ3v) is 5.38. The van der Waals surface area contributed by atoms with Crippen molar-refractivity contribution in [2.75, 3.05) is 31.1 Å². The fourth-order valence-electron chi connectivity index (χ4n) is 4.04. The van der Waals surface area contributed by atoms with Crippen LogP contribution in [-0.4, -0.2) is 46.8 Å². The summed E-state index contributed by atoms with van der Waals surface area (Å²) in [5.41, 5.74) is 0.835. The number of hydrogen-bond donors (Lipinski definition) is 0. The minimum atomic E-state index is -0.122. The lowest BCUT2D eigenvalue weighted by molar-refractivity contribution is -0.128. The largest absolute Gasteiger partial charge is 0.309 e. The van der Waals surface area contributed by atoms with Crippen LogP contribution in [-0.2, 0) is 11.8 Å². The van der Waals surface area contributed by atoms with Crippen LogP contribution < -0.4 is 4.90 Å². The molecule has 3 heterocycles. The van der Waals surface area contributed by atoms with Crippen LogP contribution in [0.1, 0.15) is 32.1 Å². The summed E-state index contributed by atoms with van der Waals surface area (Å²) in [7, 11) is 1.90. The number of aromatic nitrogens is 2. The number of anilines is 1. The van der Waals surface area contributed by atoms with Crippen molar-refractivity contribution in [1.29, 1.82) is 0 Å². The van der Waals surface area contributed by atoms with Crippen molar-refractivity contribution in [2.45, 2.75) is 32.1 Å². The van der Waals surface area contributed by atoms with Gasteiger partial charge in [-0.3, -0.25) is 9.48 Å². The second kappa shape index (κ2) is 4.83. The van der Waals surface area contributed by atoms with Gasteiger partial charge in [0.25, 0.3) is 0 Å². The average molecular weight is 288 g/mol. The van der Waals surface area contributed by atoms with Crippen molar-refractivity contribution in [3.63, 3.8) is 0 Å². The molecule has 0 radical (unpaired) electrons. The van der Waals surface area contributed by atoms with Crippen LogP contribution in [0.15, 0.2) is 12.4 Å². The molecular formula is C16H24N4O. The quantitative estimate of drug-likeness (QED) is 0.849. The molecular weight excluding hydrogens is 264 g/mol. The Morgan fingerprint density at radius 1 is 1.33 bits per heavy atom. The number of likely N-dealkylation sites (tertiary alicyclic amines) is 1. The third-order valence-electron chi connectivity index (χ3n) is 5.38. The first kappa shape index (κ1) is 13.3. The zero-order valence-corrected chi connectivity index (χ0v) is 12.8. The molecule has 1 spiro atoms. The predicted octanol–water partition coefficient (Wildman–Crippen LogP) is 1.65. The SMILES string of the molecule is Cn1cc(N2CC[C@@]3(CCCN(CC4CC4)C3)C2=O)cn1. The van der Waals surface area contributed by atoms with Gasteiger partial charge in [-0.15, -0.1) is 0 Å². The smallest absolute Gasteiger partial charge is 0.234 e. The van der Waals surface area contributed by atoms with E-state index in [1.165, 1.54) is 32.4 Å². The first-order chi connectivity index (χ1) is 10.2. The molecule has 5 nitrogen and oxygen atoms in total. The maximum absolute atomic E-state index is 13.0. The molecule has 21 heavy (non-hydrogen) atoms. The van der Waals surface area contributed by atoms with Gasteiger partial charge in [0.1, 0.15) is 0 Å². The van der Waals surface area contributed by atoms with Crippen LogP contribution in [0, 0.1) is 11.3 Å². The van der Waals surface area contributed by atoms with E-state index in [2.05, 4.69) is 10.00 Å². The highest BCUT2D eigenvalue weighted by atomic mass is 16.2. The highest BCUT2D eigenvalue weighted by Gasteiger charge is 2.49. The predicted molar refractivity (Wildman–Crippen MR) is 81.0 cm³/mol. The maximum atomic E-state index is 13.0. The van der Waals surface area contributed by atoms with Crippen LogP contribution in [0.3, 0.4) is 0 Å². The van der Waals surface area contributed by atoms with Gasteiger partial charge in [-0.25, -0.2) is 0 Å². The highest BCUT2D eigenvalue weighted by Crippen LogP contribution is 2.42. The van der Waals surface area contributed by atoms with Gasteiger partial charge < -0.3 is 9.80 Å². The van der Waals surface area contributed by atoms with Crippen molar-refractivity contribution in [3.05, 3.63) is 12.4 Å². The molecule has 3 aliphatic rings. The van der Waals surface area contributed by atoms with Crippen LogP contribution in [0.2, 0.25) is 0 Å². The van der Waals surface area contributed by atoms with Crippen molar-refractivity contribution in [3.8, 4) is 0 Å².